The first-order valence-corrected chi connectivity index (χ1v) is 8.31. The highest BCUT2D eigenvalue weighted by Crippen LogP contribution is 2.22. The first kappa shape index (κ1) is 17.9. The Morgan fingerprint density at radius 2 is 1.96 bits per heavy atom. The van der Waals surface area contributed by atoms with E-state index in [-0.39, 0.29) is 11.4 Å². The quantitative estimate of drug-likeness (QED) is 0.635. The van der Waals surface area contributed by atoms with Crippen LogP contribution in [0.5, 0.6) is 0 Å². The Balaban J connectivity index is 1.73. The van der Waals surface area contributed by atoms with E-state index in [2.05, 4.69) is 10.5 Å². The van der Waals surface area contributed by atoms with Crippen molar-refractivity contribution in [1.82, 2.24) is 0 Å². The van der Waals surface area contributed by atoms with Gasteiger partial charge in [-0.1, -0.05) is 12.1 Å². The molecule has 26 heavy (non-hydrogen) atoms. The normalized spacial score (nSPS) is 15.0. The molecule has 1 aliphatic rings. The molecule has 2 aromatic carbocycles. The summed E-state index contributed by atoms with van der Waals surface area (Å²) in [7, 11) is 0. The van der Waals surface area contributed by atoms with E-state index < -0.39 is 5.97 Å². The minimum absolute atomic E-state index is 0.170. The monoisotopic (exact) mass is 357 g/mol. The van der Waals surface area contributed by atoms with Gasteiger partial charge in [0.1, 0.15) is 5.82 Å². The van der Waals surface area contributed by atoms with E-state index in [9.17, 15) is 9.18 Å². The standard InChI is InChI=1S/C19H20FN3O3/c1-13(21-22-16-4-2-3-15(11-16)19(24)25)14-5-6-18(17(20)12-14)23-7-9-26-10-8-23/h2-6,11-12,22H,7-10H2,1H3,(H,24,25)/b21-13-. The number of aromatic carboxylic acids is 1. The Kier molecular flexibility index (Phi) is 5.48. The zero-order valence-corrected chi connectivity index (χ0v) is 14.4. The van der Waals surface area contributed by atoms with E-state index in [1.54, 1.807) is 25.1 Å². The second-order valence-corrected chi connectivity index (χ2v) is 5.96. The van der Waals surface area contributed by atoms with Crippen molar-refractivity contribution in [2.75, 3.05) is 36.6 Å². The molecule has 2 N–H and O–H groups in total. The lowest BCUT2D eigenvalue weighted by Crippen LogP contribution is -2.36. The molecule has 3 rings (SSSR count). The Morgan fingerprint density at radius 3 is 2.65 bits per heavy atom. The van der Waals surface area contributed by atoms with Crippen LogP contribution in [-0.4, -0.2) is 43.1 Å². The maximum atomic E-state index is 14.5. The molecule has 6 nitrogen and oxygen atoms in total. The Morgan fingerprint density at radius 1 is 1.19 bits per heavy atom. The van der Waals surface area contributed by atoms with Crippen molar-refractivity contribution in [2.24, 2.45) is 5.10 Å². The van der Waals surface area contributed by atoms with Gasteiger partial charge in [0.15, 0.2) is 0 Å². The van der Waals surface area contributed by atoms with Crippen molar-refractivity contribution in [1.29, 1.82) is 0 Å². The van der Waals surface area contributed by atoms with E-state index >= 15 is 0 Å². The number of carboxylic acid groups (broad SMARTS) is 1. The lowest BCUT2D eigenvalue weighted by atomic mass is 10.1. The van der Waals surface area contributed by atoms with Gasteiger partial charge >= 0.3 is 5.97 Å². The molecule has 1 fully saturated rings. The number of hydrazone groups is 1. The van der Waals surface area contributed by atoms with Crippen LogP contribution in [0.25, 0.3) is 0 Å². The third-order valence-electron chi connectivity index (χ3n) is 4.18. The van der Waals surface area contributed by atoms with Crippen LogP contribution in [0.4, 0.5) is 15.8 Å². The number of nitrogens with zero attached hydrogens (tertiary/aromatic N) is 2. The molecule has 0 unspecified atom stereocenters. The zero-order chi connectivity index (χ0) is 18.5. The molecule has 0 spiro atoms. The molecule has 0 aliphatic carbocycles. The van der Waals surface area contributed by atoms with Crippen LogP contribution in [0.2, 0.25) is 0 Å². The van der Waals surface area contributed by atoms with Gasteiger partial charge in [0.05, 0.1) is 35.9 Å². The molecule has 0 aromatic heterocycles. The second-order valence-electron chi connectivity index (χ2n) is 5.96. The topological polar surface area (TPSA) is 74.2 Å². The molecule has 1 aliphatic heterocycles. The fraction of sp³-hybridized carbons (Fsp3) is 0.263. The van der Waals surface area contributed by atoms with Crippen LogP contribution < -0.4 is 10.3 Å². The van der Waals surface area contributed by atoms with Gasteiger partial charge in [-0.3, -0.25) is 5.43 Å². The maximum absolute atomic E-state index is 14.5. The zero-order valence-electron chi connectivity index (χ0n) is 14.4. The van der Waals surface area contributed by atoms with Crippen LogP contribution in [0.1, 0.15) is 22.8 Å². The predicted octanol–water partition coefficient (Wildman–Crippen LogP) is 3.20. The highest BCUT2D eigenvalue weighted by Gasteiger charge is 2.15. The molecule has 136 valence electrons. The summed E-state index contributed by atoms with van der Waals surface area (Å²) >= 11 is 0. The second kappa shape index (κ2) is 7.97. The first-order chi connectivity index (χ1) is 12.5. The summed E-state index contributed by atoms with van der Waals surface area (Å²) in [6, 6.07) is 11.4. The van der Waals surface area contributed by atoms with Gasteiger partial charge in [-0.25, -0.2) is 9.18 Å². The average molecular weight is 357 g/mol. The molecule has 2 aromatic rings. The maximum Gasteiger partial charge on any atom is 0.335 e. The van der Waals surface area contributed by atoms with E-state index in [0.717, 1.165) is 0 Å². The number of benzene rings is 2. The van der Waals surface area contributed by atoms with Crippen molar-refractivity contribution in [3.05, 3.63) is 59.4 Å². The van der Waals surface area contributed by atoms with Gasteiger partial charge in [-0.15, -0.1) is 0 Å². The van der Waals surface area contributed by atoms with Crippen molar-refractivity contribution >= 4 is 23.1 Å². The van der Waals surface area contributed by atoms with Gasteiger partial charge < -0.3 is 14.7 Å². The summed E-state index contributed by atoms with van der Waals surface area (Å²) in [6.07, 6.45) is 0. The Labute approximate surface area is 150 Å². The van der Waals surface area contributed by atoms with Gasteiger partial charge in [0.2, 0.25) is 0 Å². The molecular weight excluding hydrogens is 337 g/mol. The van der Waals surface area contributed by atoms with Crippen molar-refractivity contribution in [3.8, 4) is 0 Å². The summed E-state index contributed by atoms with van der Waals surface area (Å²) in [5.41, 5.74) is 5.34. The smallest absolute Gasteiger partial charge is 0.335 e. The lowest BCUT2D eigenvalue weighted by molar-refractivity contribution is 0.0697. The molecule has 0 saturated carbocycles. The van der Waals surface area contributed by atoms with Crippen molar-refractivity contribution < 1.29 is 19.0 Å². The molecule has 1 saturated heterocycles. The minimum atomic E-state index is -1.00. The molecular formula is C19H20FN3O3. The van der Waals surface area contributed by atoms with E-state index in [1.807, 2.05) is 11.0 Å². The minimum Gasteiger partial charge on any atom is -0.478 e. The largest absolute Gasteiger partial charge is 0.478 e. The molecule has 0 radical (unpaired) electrons. The van der Waals surface area contributed by atoms with E-state index in [4.69, 9.17) is 9.84 Å². The molecule has 0 amide bonds. The van der Waals surface area contributed by atoms with Crippen LogP contribution >= 0.6 is 0 Å². The summed E-state index contributed by atoms with van der Waals surface area (Å²) in [5, 5.41) is 13.2. The first-order valence-electron chi connectivity index (χ1n) is 8.31. The Hall–Kier alpha value is -2.93. The Bertz CT molecular complexity index is 833. The lowest BCUT2D eigenvalue weighted by Gasteiger charge is -2.29. The summed E-state index contributed by atoms with van der Waals surface area (Å²) in [5.74, 6) is -1.30. The number of hydrogen-bond donors (Lipinski definition) is 2. The number of halogens is 1. The number of morpholine rings is 1. The summed E-state index contributed by atoms with van der Waals surface area (Å²) in [6.45, 7) is 4.30. The number of hydrogen-bond acceptors (Lipinski definition) is 5. The number of anilines is 2. The van der Waals surface area contributed by atoms with Crippen LogP contribution in [0.3, 0.4) is 0 Å². The fourth-order valence-electron chi connectivity index (χ4n) is 2.73. The number of carbonyl (C=O) groups is 1. The van der Waals surface area contributed by atoms with Gasteiger partial charge in [0, 0.05) is 18.7 Å². The van der Waals surface area contributed by atoms with Crippen LogP contribution in [0, 0.1) is 5.82 Å². The third kappa shape index (κ3) is 4.18. The number of rotatable bonds is 5. The average Bonchev–Trinajstić information content (AvgIpc) is 2.67. The van der Waals surface area contributed by atoms with Crippen LogP contribution in [-0.2, 0) is 4.74 Å². The highest BCUT2D eigenvalue weighted by molar-refractivity contribution is 5.99. The highest BCUT2D eigenvalue weighted by atomic mass is 19.1. The number of carboxylic acids is 1. The van der Waals surface area contributed by atoms with Crippen molar-refractivity contribution in [3.63, 3.8) is 0 Å². The number of ether oxygens (including phenoxy) is 1. The van der Waals surface area contributed by atoms with Gasteiger partial charge in [-0.2, -0.15) is 5.10 Å². The summed E-state index contributed by atoms with van der Waals surface area (Å²) < 4.78 is 19.8. The van der Waals surface area contributed by atoms with E-state index in [0.29, 0.717) is 49.0 Å². The van der Waals surface area contributed by atoms with Crippen LogP contribution in [0.15, 0.2) is 47.6 Å². The van der Waals surface area contributed by atoms with Crippen molar-refractivity contribution in [2.45, 2.75) is 6.92 Å². The third-order valence-corrected chi connectivity index (χ3v) is 4.18. The van der Waals surface area contributed by atoms with Gasteiger partial charge in [0.25, 0.3) is 0 Å². The fourth-order valence-corrected chi connectivity index (χ4v) is 2.73. The predicted molar refractivity (Wildman–Crippen MR) is 98.7 cm³/mol. The summed E-state index contributed by atoms with van der Waals surface area (Å²) in [4.78, 5) is 13.0. The molecule has 0 bridgehead atoms. The van der Waals surface area contributed by atoms with Gasteiger partial charge in [-0.05, 0) is 37.3 Å². The molecule has 7 heteroatoms. The number of nitrogens with one attached hydrogen (secondary N) is 1. The van der Waals surface area contributed by atoms with E-state index in [1.165, 1.54) is 18.2 Å². The molecule has 0 atom stereocenters. The SMILES string of the molecule is C/C(=N/Nc1cccc(C(=O)O)c1)c1ccc(N2CCOCC2)c(F)c1. The molecule has 1 heterocycles.